The standard InChI is InChI=1S/C13H18N4O2/c1-4-19-13-10(3)15-12(6-14-13)7-17-9(2)5-11(8-18)16-17/h5-6,18H,4,7-8H2,1-3H3. The minimum Gasteiger partial charge on any atom is -0.477 e. The van der Waals surface area contributed by atoms with Gasteiger partial charge in [-0.15, -0.1) is 0 Å². The number of nitrogens with zero attached hydrogens (tertiary/aromatic N) is 4. The maximum Gasteiger partial charge on any atom is 0.235 e. The molecule has 2 rings (SSSR count). The number of hydrogen-bond donors (Lipinski definition) is 1. The first-order valence-electron chi connectivity index (χ1n) is 6.23. The van der Waals surface area contributed by atoms with Gasteiger partial charge >= 0.3 is 0 Å². The summed E-state index contributed by atoms with van der Waals surface area (Å²) >= 11 is 0. The smallest absolute Gasteiger partial charge is 0.235 e. The minimum absolute atomic E-state index is 0.0537. The zero-order valence-corrected chi connectivity index (χ0v) is 11.4. The Balaban J connectivity index is 2.18. The number of aliphatic hydroxyl groups is 1. The van der Waals surface area contributed by atoms with Gasteiger partial charge in [-0.2, -0.15) is 5.10 Å². The Hall–Kier alpha value is -1.95. The lowest BCUT2D eigenvalue weighted by Gasteiger charge is -2.08. The van der Waals surface area contributed by atoms with Crippen molar-refractivity contribution in [1.29, 1.82) is 0 Å². The second-order valence-corrected chi connectivity index (χ2v) is 4.28. The molecule has 0 radical (unpaired) electrons. The van der Waals surface area contributed by atoms with Crippen LogP contribution in [0.3, 0.4) is 0 Å². The number of ether oxygens (including phenoxy) is 1. The normalized spacial score (nSPS) is 10.7. The molecule has 0 amide bonds. The van der Waals surface area contributed by atoms with Crippen molar-refractivity contribution in [3.8, 4) is 5.88 Å². The van der Waals surface area contributed by atoms with E-state index in [0.717, 1.165) is 17.1 Å². The lowest BCUT2D eigenvalue weighted by atomic mass is 10.3. The molecule has 0 aliphatic rings. The summed E-state index contributed by atoms with van der Waals surface area (Å²) in [6.07, 6.45) is 1.69. The molecule has 2 aromatic heterocycles. The van der Waals surface area contributed by atoms with Gasteiger partial charge in [-0.05, 0) is 26.8 Å². The van der Waals surface area contributed by atoms with Crippen LogP contribution in [0.5, 0.6) is 5.88 Å². The van der Waals surface area contributed by atoms with Crippen molar-refractivity contribution >= 4 is 0 Å². The van der Waals surface area contributed by atoms with E-state index in [0.29, 0.717) is 24.7 Å². The molecule has 0 aliphatic carbocycles. The molecule has 2 heterocycles. The summed E-state index contributed by atoms with van der Waals surface area (Å²) in [4.78, 5) is 8.70. The average Bonchev–Trinajstić information content (AvgIpc) is 2.74. The van der Waals surface area contributed by atoms with Gasteiger partial charge in [-0.25, -0.2) is 9.97 Å². The first kappa shape index (κ1) is 13.5. The predicted molar refractivity (Wildman–Crippen MR) is 69.9 cm³/mol. The molecule has 6 heteroatoms. The van der Waals surface area contributed by atoms with Gasteiger partial charge in [-0.1, -0.05) is 0 Å². The molecule has 0 unspecified atom stereocenters. The van der Waals surface area contributed by atoms with E-state index in [-0.39, 0.29) is 6.61 Å². The second-order valence-electron chi connectivity index (χ2n) is 4.28. The highest BCUT2D eigenvalue weighted by atomic mass is 16.5. The van der Waals surface area contributed by atoms with E-state index in [1.165, 1.54) is 0 Å². The zero-order chi connectivity index (χ0) is 13.8. The van der Waals surface area contributed by atoms with E-state index in [1.54, 1.807) is 10.9 Å². The fourth-order valence-electron chi connectivity index (χ4n) is 1.84. The monoisotopic (exact) mass is 262 g/mol. The third kappa shape index (κ3) is 3.08. The van der Waals surface area contributed by atoms with Crippen LogP contribution >= 0.6 is 0 Å². The van der Waals surface area contributed by atoms with Gasteiger partial charge < -0.3 is 9.84 Å². The van der Waals surface area contributed by atoms with Crippen molar-refractivity contribution in [3.05, 3.63) is 35.0 Å². The number of hydrogen-bond acceptors (Lipinski definition) is 5. The van der Waals surface area contributed by atoms with Crippen LogP contribution in [-0.4, -0.2) is 31.5 Å². The van der Waals surface area contributed by atoms with Crippen LogP contribution < -0.4 is 4.74 Å². The lowest BCUT2D eigenvalue weighted by Crippen LogP contribution is -2.08. The largest absolute Gasteiger partial charge is 0.477 e. The van der Waals surface area contributed by atoms with Gasteiger partial charge in [0.2, 0.25) is 5.88 Å². The minimum atomic E-state index is -0.0537. The molecule has 0 aromatic carbocycles. The highest BCUT2D eigenvalue weighted by Crippen LogP contribution is 2.13. The van der Waals surface area contributed by atoms with Crippen molar-refractivity contribution in [2.45, 2.75) is 33.9 Å². The summed E-state index contributed by atoms with van der Waals surface area (Å²) in [7, 11) is 0. The van der Waals surface area contributed by atoms with Crippen LogP contribution in [-0.2, 0) is 13.2 Å². The molecule has 1 N–H and O–H groups in total. The van der Waals surface area contributed by atoms with Gasteiger partial charge in [-0.3, -0.25) is 4.68 Å². The van der Waals surface area contributed by atoms with Gasteiger partial charge in [0.05, 0.1) is 43.0 Å². The SMILES string of the molecule is CCOc1ncc(Cn2nc(CO)cc2C)nc1C. The molecule has 6 nitrogen and oxygen atoms in total. The Morgan fingerprint density at radius 1 is 1.32 bits per heavy atom. The Kier molecular flexibility index (Phi) is 4.11. The molecule has 0 atom stereocenters. The van der Waals surface area contributed by atoms with Gasteiger partial charge in [0.15, 0.2) is 0 Å². The van der Waals surface area contributed by atoms with E-state index in [4.69, 9.17) is 9.84 Å². The van der Waals surface area contributed by atoms with Crippen molar-refractivity contribution in [2.75, 3.05) is 6.61 Å². The number of aryl methyl sites for hydroxylation is 2. The molecule has 0 aliphatic heterocycles. The molecule has 19 heavy (non-hydrogen) atoms. The quantitative estimate of drug-likeness (QED) is 0.877. The first-order chi connectivity index (χ1) is 9.13. The summed E-state index contributed by atoms with van der Waals surface area (Å²) in [6, 6.07) is 1.86. The van der Waals surface area contributed by atoms with Crippen LogP contribution in [0.1, 0.15) is 29.7 Å². The van der Waals surface area contributed by atoms with E-state index < -0.39 is 0 Å². The van der Waals surface area contributed by atoms with Crippen LogP contribution in [0, 0.1) is 13.8 Å². The number of aliphatic hydroxyl groups excluding tert-OH is 1. The van der Waals surface area contributed by atoms with E-state index in [2.05, 4.69) is 15.1 Å². The number of rotatable bonds is 5. The van der Waals surface area contributed by atoms with Crippen molar-refractivity contribution < 1.29 is 9.84 Å². The van der Waals surface area contributed by atoms with Crippen molar-refractivity contribution in [2.24, 2.45) is 0 Å². The maximum absolute atomic E-state index is 9.06. The number of aromatic nitrogens is 4. The Morgan fingerprint density at radius 3 is 2.68 bits per heavy atom. The molecule has 102 valence electrons. The summed E-state index contributed by atoms with van der Waals surface area (Å²) in [5.74, 6) is 0.569. The van der Waals surface area contributed by atoms with Crippen LogP contribution in [0.25, 0.3) is 0 Å². The van der Waals surface area contributed by atoms with Crippen LogP contribution in [0.2, 0.25) is 0 Å². The Bertz CT molecular complexity index is 566. The van der Waals surface area contributed by atoms with E-state index in [1.807, 2.05) is 26.8 Å². The lowest BCUT2D eigenvalue weighted by molar-refractivity contribution is 0.275. The third-order valence-electron chi connectivity index (χ3n) is 2.74. The molecule has 0 bridgehead atoms. The Labute approximate surface area is 112 Å². The topological polar surface area (TPSA) is 73.1 Å². The second kappa shape index (κ2) is 5.79. The maximum atomic E-state index is 9.06. The van der Waals surface area contributed by atoms with Crippen LogP contribution in [0.15, 0.2) is 12.3 Å². The third-order valence-corrected chi connectivity index (χ3v) is 2.74. The first-order valence-corrected chi connectivity index (χ1v) is 6.23. The highest BCUT2D eigenvalue weighted by Gasteiger charge is 2.08. The summed E-state index contributed by atoms with van der Waals surface area (Å²) < 4.78 is 7.16. The van der Waals surface area contributed by atoms with E-state index in [9.17, 15) is 0 Å². The summed E-state index contributed by atoms with van der Waals surface area (Å²) in [6.45, 7) is 6.79. The van der Waals surface area contributed by atoms with Gasteiger partial charge in [0, 0.05) is 5.69 Å². The summed E-state index contributed by atoms with van der Waals surface area (Å²) in [5, 5.41) is 13.3. The zero-order valence-electron chi connectivity index (χ0n) is 11.4. The average molecular weight is 262 g/mol. The van der Waals surface area contributed by atoms with Crippen molar-refractivity contribution in [3.63, 3.8) is 0 Å². The van der Waals surface area contributed by atoms with Gasteiger partial charge in [0.1, 0.15) is 0 Å². The molecule has 0 spiro atoms. The fourth-order valence-corrected chi connectivity index (χ4v) is 1.84. The predicted octanol–water partition coefficient (Wildman–Crippen LogP) is 1.23. The Morgan fingerprint density at radius 2 is 2.11 bits per heavy atom. The molecule has 0 saturated carbocycles. The molecule has 2 aromatic rings. The molecule has 0 fully saturated rings. The molecular formula is C13H18N4O2. The molecular weight excluding hydrogens is 244 g/mol. The van der Waals surface area contributed by atoms with E-state index >= 15 is 0 Å². The van der Waals surface area contributed by atoms with Gasteiger partial charge in [0.25, 0.3) is 0 Å². The van der Waals surface area contributed by atoms with Crippen LogP contribution in [0.4, 0.5) is 0 Å². The highest BCUT2D eigenvalue weighted by molar-refractivity contribution is 5.19. The molecule has 0 saturated heterocycles. The fraction of sp³-hybridized carbons (Fsp3) is 0.462. The van der Waals surface area contributed by atoms with Crippen molar-refractivity contribution in [1.82, 2.24) is 19.7 Å². The summed E-state index contributed by atoms with van der Waals surface area (Å²) in [5.41, 5.74) is 3.23.